The molecule has 0 unspecified atom stereocenters. The maximum atomic E-state index is 12.2. The Hall–Kier alpha value is -1.23. The van der Waals surface area contributed by atoms with E-state index in [2.05, 4.69) is 4.72 Å². The van der Waals surface area contributed by atoms with E-state index in [1.165, 1.54) is 24.3 Å². The molecular weight excluding hydrogens is 305 g/mol. The zero-order valence-corrected chi connectivity index (χ0v) is 12.4. The minimum Gasteiger partial charge on any atom is -0.278 e. The molecule has 6 heteroatoms. The Morgan fingerprint density at radius 2 is 1.63 bits per heavy atom. The minimum absolute atomic E-state index is 0.135. The average molecular weight is 316 g/mol. The van der Waals surface area contributed by atoms with Crippen LogP contribution in [-0.2, 0) is 10.0 Å². The van der Waals surface area contributed by atoms with Crippen LogP contribution in [0.1, 0.15) is 5.56 Å². The molecule has 0 heterocycles. The summed E-state index contributed by atoms with van der Waals surface area (Å²) in [5, 5.41) is 0.838. The predicted molar refractivity (Wildman–Crippen MR) is 78.4 cm³/mol. The van der Waals surface area contributed by atoms with Crippen molar-refractivity contribution >= 4 is 38.9 Å². The normalized spacial score (nSPS) is 11.3. The molecule has 100 valence electrons. The molecule has 0 saturated carbocycles. The van der Waals surface area contributed by atoms with Gasteiger partial charge in [0.1, 0.15) is 0 Å². The second-order valence-corrected chi connectivity index (χ2v) is 6.52. The number of benzene rings is 2. The molecule has 0 aliphatic rings. The molecule has 0 aliphatic heterocycles. The number of sulfonamides is 1. The first-order valence-corrected chi connectivity index (χ1v) is 7.67. The lowest BCUT2D eigenvalue weighted by Crippen LogP contribution is -2.14. The minimum atomic E-state index is -3.67. The molecule has 0 spiro atoms. The van der Waals surface area contributed by atoms with Gasteiger partial charge in [-0.2, -0.15) is 0 Å². The van der Waals surface area contributed by atoms with Crippen LogP contribution in [0.4, 0.5) is 5.69 Å². The third-order valence-corrected chi connectivity index (χ3v) is 4.51. The molecule has 0 amide bonds. The van der Waals surface area contributed by atoms with Crippen molar-refractivity contribution in [3.63, 3.8) is 0 Å². The molecule has 0 saturated heterocycles. The van der Waals surface area contributed by atoms with Gasteiger partial charge in [-0.05, 0) is 42.8 Å². The maximum absolute atomic E-state index is 12.2. The fraction of sp³-hybridized carbons (Fsp3) is 0.0769. The lowest BCUT2D eigenvalue weighted by Gasteiger charge is -2.12. The van der Waals surface area contributed by atoms with Crippen LogP contribution in [0.2, 0.25) is 10.0 Å². The van der Waals surface area contributed by atoms with Crippen molar-refractivity contribution in [2.45, 2.75) is 11.8 Å². The van der Waals surface area contributed by atoms with Gasteiger partial charge >= 0.3 is 0 Å². The Bertz CT molecular complexity index is 677. The third kappa shape index (κ3) is 3.21. The van der Waals surface area contributed by atoms with Gasteiger partial charge in [0.05, 0.1) is 15.6 Å². The molecule has 19 heavy (non-hydrogen) atoms. The van der Waals surface area contributed by atoms with E-state index in [4.69, 9.17) is 23.2 Å². The smallest absolute Gasteiger partial charge is 0.261 e. The second kappa shape index (κ2) is 5.41. The van der Waals surface area contributed by atoms with Crippen molar-refractivity contribution in [3.05, 3.63) is 58.1 Å². The summed E-state index contributed by atoms with van der Waals surface area (Å²) in [7, 11) is -3.67. The van der Waals surface area contributed by atoms with Crippen LogP contribution in [0.15, 0.2) is 47.4 Å². The van der Waals surface area contributed by atoms with Crippen molar-refractivity contribution in [1.82, 2.24) is 0 Å². The molecule has 1 N–H and O–H groups in total. The van der Waals surface area contributed by atoms with E-state index in [-0.39, 0.29) is 4.90 Å². The lowest BCUT2D eigenvalue weighted by molar-refractivity contribution is 0.601. The van der Waals surface area contributed by atoms with E-state index in [1.54, 1.807) is 25.1 Å². The third-order valence-electron chi connectivity index (χ3n) is 2.58. The summed E-state index contributed by atoms with van der Waals surface area (Å²) in [6.45, 7) is 1.78. The first-order valence-electron chi connectivity index (χ1n) is 5.43. The summed E-state index contributed by atoms with van der Waals surface area (Å²) in [6, 6.07) is 11.1. The van der Waals surface area contributed by atoms with E-state index >= 15 is 0 Å². The van der Waals surface area contributed by atoms with Gasteiger partial charge in [0.2, 0.25) is 0 Å². The van der Waals surface area contributed by atoms with Crippen molar-refractivity contribution in [3.8, 4) is 0 Å². The topological polar surface area (TPSA) is 46.2 Å². The van der Waals surface area contributed by atoms with E-state index in [0.29, 0.717) is 15.7 Å². The zero-order valence-electron chi connectivity index (χ0n) is 10.0. The Kier molecular flexibility index (Phi) is 4.04. The van der Waals surface area contributed by atoms with Crippen LogP contribution in [0.3, 0.4) is 0 Å². The summed E-state index contributed by atoms with van der Waals surface area (Å²) in [6.07, 6.45) is 0. The van der Waals surface area contributed by atoms with E-state index in [0.717, 1.165) is 5.56 Å². The quantitative estimate of drug-likeness (QED) is 0.926. The van der Waals surface area contributed by atoms with E-state index in [9.17, 15) is 8.42 Å². The van der Waals surface area contributed by atoms with Crippen molar-refractivity contribution in [2.75, 3.05) is 4.72 Å². The van der Waals surface area contributed by atoms with Crippen LogP contribution >= 0.6 is 23.2 Å². The van der Waals surface area contributed by atoms with Crippen molar-refractivity contribution < 1.29 is 8.42 Å². The monoisotopic (exact) mass is 315 g/mol. The van der Waals surface area contributed by atoms with Crippen LogP contribution in [0, 0.1) is 6.92 Å². The Morgan fingerprint density at radius 3 is 2.21 bits per heavy atom. The molecule has 0 aromatic heterocycles. The Labute approximate surface area is 122 Å². The highest BCUT2D eigenvalue weighted by atomic mass is 35.5. The Balaban J connectivity index is 2.39. The van der Waals surface area contributed by atoms with Crippen LogP contribution in [0.25, 0.3) is 0 Å². The zero-order chi connectivity index (χ0) is 14.0. The molecule has 3 nitrogen and oxygen atoms in total. The molecule has 0 atom stereocenters. The van der Waals surface area contributed by atoms with Crippen molar-refractivity contribution in [2.24, 2.45) is 0 Å². The van der Waals surface area contributed by atoms with E-state index in [1.807, 2.05) is 0 Å². The highest BCUT2D eigenvalue weighted by Crippen LogP contribution is 2.28. The fourth-order valence-electron chi connectivity index (χ4n) is 1.57. The van der Waals surface area contributed by atoms with E-state index < -0.39 is 10.0 Å². The highest BCUT2D eigenvalue weighted by Gasteiger charge is 2.16. The largest absolute Gasteiger partial charge is 0.278 e. The van der Waals surface area contributed by atoms with Gasteiger partial charge in [-0.15, -0.1) is 0 Å². The molecular formula is C13H11Cl2NO2S. The van der Waals surface area contributed by atoms with Gasteiger partial charge < -0.3 is 0 Å². The molecule has 0 fully saturated rings. The molecule has 2 aromatic rings. The molecule has 2 aromatic carbocycles. The lowest BCUT2D eigenvalue weighted by atomic mass is 10.2. The van der Waals surface area contributed by atoms with Crippen LogP contribution < -0.4 is 4.72 Å². The molecule has 2 rings (SSSR count). The second-order valence-electron chi connectivity index (χ2n) is 3.99. The maximum Gasteiger partial charge on any atom is 0.261 e. The number of aryl methyl sites for hydroxylation is 1. The van der Waals surface area contributed by atoms with Gasteiger partial charge in [0.15, 0.2) is 0 Å². The number of anilines is 1. The standard InChI is InChI=1S/C13H11Cl2NO2S/c1-9-3-2-4-12(15)13(9)16-19(17,18)11-7-5-10(14)6-8-11/h2-8,16H,1H3. The molecule has 0 bridgehead atoms. The fourth-order valence-corrected chi connectivity index (χ4v) is 3.17. The van der Waals surface area contributed by atoms with Gasteiger partial charge in [-0.25, -0.2) is 8.42 Å². The summed E-state index contributed by atoms with van der Waals surface area (Å²) in [4.78, 5) is 0.135. The summed E-state index contributed by atoms with van der Waals surface area (Å²) < 4.78 is 26.9. The summed E-state index contributed by atoms with van der Waals surface area (Å²) in [5.41, 5.74) is 1.14. The van der Waals surface area contributed by atoms with Gasteiger partial charge in [-0.3, -0.25) is 4.72 Å². The molecule has 0 aliphatic carbocycles. The first-order chi connectivity index (χ1) is 8.90. The van der Waals surface area contributed by atoms with Crippen molar-refractivity contribution in [1.29, 1.82) is 0 Å². The first kappa shape index (κ1) is 14.2. The highest BCUT2D eigenvalue weighted by molar-refractivity contribution is 7.92. The average Bonchev–Trinajstić information content (AvgIpc) is 2.35. The van der Waals surface area contributed by atoms with Gasteiger partial charge in [-0.1, -0.05) is 35.3 Å². The number of rotatable bonds is 3. The summed E-state index contributed by atoms with van der Waals surface area (Å²) >= 11 is 11.7. The van der Waals surface area contributed by atoms with Gasteiger partial charge in [0.25, 0.3) is 10.0 Å². The Morgan fingerprint density at radius 1 is 1.00 bits per heavy atom. The van der Waals surface area contributed by atoms with Crippen LogP contribution in [-0.4, -0.2) is 8.42 Å². The van der Waals surface area contributed by atoms with Crippen LogP contribution in [0.5, 0.6) is 0 Å². The number of nitrogens with one attached hydrogen (secondary N) is 1. The molecule has 0 radical (unpaired) electrons. The number of halogens is 2. The SMILES string of the molecule is Cc1cccc(Cl)c1NS(=O)(=O)c1ccc(Cl)cc1. The number of para-hydroxylation sites is 1. The van der Waals surface area contributed by atoms with Gasteiger partial charge in [0, 0.05) is 5.02 Å². The number of hydrogen-bond acceptors (Lipinski definition) is 2. The summed E-state index contributed by atoms with van der Waals surface area (Å²) in [5.74, 6) is 0. The number of hydrogen-bond donors (Lipinski definition) is 1. The predicted octanol–water partition coefficient (Wildman–Crippen LogP) is 4.10.